The van der Waals surface area contributed by atoms with Crippen LogP contribution in [0.2, 0.25) is 0 Å². The number of nitrogens with one attached hydrogen (secondary N) is 2. The van der Waals surface area contributed by atoms with E-state index in [4.69, 9.17) is 9.47 Å². The zero-order valence-corrected chi connectivity index (χ0v) is 40.0. The summed E-state index contributed by atoms with van der Waals surface area (Å²) in [6.07, 6.45) is 2.18. The molecule has 364 valence electrons. The van der Waals surface area contributed by atoms with Crippen LogP contribution < -0.4 is 20.1 Å². The Morgan fingerprint density at radius 3 is 1.13 bits per heavy atom. The summed E-state index contributed by atoms with van der Waals surface area (Å²) in [6.45, 7) is 3.36. The number of anilines is 2. The van der Waals surface area contributed by atoms with Gasteiger partial charge in [-0.25, -0.2) is 16.8 Å². The maximum atomic E-state index is 13.7. The lowest BCUT2D eigenvalue weighted by Crippen LogP contribution is -2.50. The molecular weight excluding hydrogens is 973 g/mol. The van der Waals surface area contributed by atoms with Crippen molar-refractivity contribution in [2.45, 2.75) is 33.4 Å². The van der Waals surface area contributed by atoms with Crippen LogP contribution in [0.15, 0.2) is 92.4 Å². The molecule has 6 rings (SSSR count). The van der Waals surface area contributed by atoms with Gasteiger partial charge in [-0.2, -0.15) is 25.4 Å². The number of methoxy groups -OCH3 is 2. The summed E-state index contributed by atoms with van der Waals surface area (Å²) in [5.41, 5.74) is -1.07. The molecule has 22 nitrogen and oxygen atoms in total. The van der Waals surface area contributed by atoms with E-state index < -0.39 is 61.9 Å². The van der Waals surface area contributed by atoms with Gasteiger partial charge >= 0.3 is 0 Å². The highest BCUT2D eigenvalue weighted by atomic mass is 32.2. The fourth-order valence-corrected chi connectivity index (χ4v) is 12.0. The number of hydrogen-bond donors (Lipinski definition) is 4. The van der Waals surface area contributed by atoms with Crippen molar-refractivity contribution in [3.63, 3.8) is 0 Å². The van der Waals surface area contributed by atoms with E-state index in [1.54, 1.807) is 0 Å². The van der Waals surface area contributed by atoms with Crippen molar-refractivity contribution in [1.29, 1.82) is 0 Å². The zero-order chi connectivity index (χ0) is 49.9. The number of hydrogen-bond acceptors (Lipinski definition) is 14. The van der Waals surface area contributed by atoms with E-state index in [2.05, 4.69) is 10.6 Å². The number of piperazine rings is 2. The normalized spacial score (nSPS) is 15.5. The number of carbonyl (C=O) groups excluding carboxylic acids is 4. The minimum absolute atomic E-state index is 0.00371. The van der Waals surface area contributed by atoms with E-state index >= 15 is 0 Å². The summed E-state index contributed by atoms with van der Waals surface area (Å²) in [5.74, 6) is -2.29. The third-order valence-corrected chi connectivity index (χ3v) is 16.7. The lowest BCUT2D eigenvalue weighted by Gasteiger charge is -2.33. The van der Waals surface area contributed by atoms with Gasteiger partial charge < -0.3 is 29.9 Å². The maximum Gasteiger partial charge on any atom is 0.295 e. The Kier molecular flexibility index (Phi) is 15.1. The Labute approximate surface area is 392 Å². The highest BCUT2D eigenvalue weighted by molar-refractivity contribution is 7.89. The lowest BCUT2D eigenvalue weighted by molar-refractivity contribution is -0.130. The number of rotatable bonds is 14. The average molecular weight is 1020 g/mol. The van der Waals surface area contributed by atoms with Gasteiger partial charge in [0.15, 0.2) is 0 Å². The van der Waals surface area contributed by atoms with Gasteiger partial charge in [0.1, 0.15) is 31.1 Å². The lowest BCUT2D eigenvalue weighted by atomic mass is 10.1. The minimum Gasteiger partial charge on any atom is -0.495 e. The molecule has 2 aliphatic rings. The Hall–Kier alpha value is -6.26. The van der Waals surface area contributed by atoms with Crippen LogP contribution in [0.3, 0.4) is 0 Å². The van der Waals surface area contributed by atoms with Gasteiger partial charge in [0.05, 0.1) is 14.2 Å². The molecule has 0 spiro atoms. The van der Waals surface area contributed by atoms with Gasteiger partial charge in [0.25, 0.3) is 32.1 Å². The molecule has 2 fully saturated rings. The Bertz CT molecular complexity index is 2950. The SMILES string of the molecule is COc1ccc(C(=O)Nc2ccc(C=Cc3ccc(NC(=O)c4ccc(OC)c(S(=O)(=O)N5CCN(C(C)=O)CC5)c4)cc3S(=O)(=O)O)c(S(=O)(=O)O)c2)cc1S(=O)(=O)N1CCN(C(C)=O)CC1. The van der Waals surface area contributed by atoms with Crippen LogP contribution in [0.25, 0.3) is 12.2 Å². The first kappa shape index (κ1) is 51.1. The molecule has 0 unspecified atom stereocenters. The first-order chi connectivity index (χ1) is 31.8. The number of sulfonamides is 2. The van der Waals surface area contributed by atoms with Gasteiger partial charge in [-0.1, -0.05) is 24.3 Å². The molecule has 4 N–H and O–H groups in total. The van der Waals surface area contributed by atoms with E-state index in [0.717, 1.165) is 57.2 Å². The van der Waals surface area contributed by atoms with Gasteiger partial charge in [-0.05, 0) is 71.8 Å². The number of carbonyl (C=O) groups is 4. The van der Waals surface area contributed by atoms with Gasteiger partial charge in [-0.15, -0.1) is 0 Å². The van der Waals surface area contributed by atoms with Crippen molar-refractivity contribution in [2.24, 2.45) is 0 Å². The Morgan fingerprint density at radius 1 is 0.500 bits per heavy atom. The molecule has 2 saturated heterocycles. The molecule has 4 aromatic rings. The molecule has 4 aromatic carbocycles. The Balaban J connectivity index is 1.22. The predicted octanol–water partition coefficient (Wildman–Crippen LogP) is 2.58. The van der Waals surface area contributed by atoms with Crippen molar-refractivity contribution >= 4 is 87.4 Å². The van der Waals surface area contributed by atoms with E-state index in [1.165, 1.54) is 74.3 Å². The summed E-state index contributed by atoms with van der Waals surface area (Å²) in [7, 11) is -16.0. The monoisotopic (exact) mass is 1020 g/mol. The van der Waals surface area contributed by atoms with Crippen LogP contribution in [0, 0.1) is 0 Å². The molecule has 2 heterocycles. The van der Waals surface area contributed by atoms with Crippen molar-refractivity contribution in [1.82, 2.24) is 18.4 Å². The molecule has 0 saturated carbocycles. The van der Waals surface area contributed by atoms with Crippen LogP contribution in [0.4, 0.5) is 11.4 Å². The first-order valence-corrected chi connectivity index (χ1v) is 26.0. The average Bonchev–Trinajstić information content (AvgIpc) is 3.30. The number of nitrogens with zero attached hydrogens (tertiary/aromatic N) is 4. The number of benzene rings is 4. The summed E-state index contributed by atoms with van der Waals surface area (Å²) in [5, 5.41) is 4.91. The fraction of sp³-hybridized carbons (Fsp3) is 0.286. The third-order valence-electron chi connectivity index (χ3n) is 11.0. The maximum absolute atomic E-state index is 13.7. The fourth-order valence-electron chi connectivity index (χ4n) is 7.34. The van der Waals surface area contributed by atoms with E-state index in [-0.39, 0.29) is 119 Å². The predicted molar refractivity (Wildman–Crippen MR) is 245 cm³/mol. The summed E-state index contributed by atoms with van der Waals surface area (Å²) >= 11 is 0. The molecule has 0 bridgehead atoms. The summed E-state index contributed by atoms with van der Waals surface area (Å²) in [4.78, 5) is 51.2. The second-order valence-electron chi connectivity index (χ2n) is 15.2. The molecule has 0 aliphatic carbocycles. The van der Waals surface area contributed by atoms with Crippen LogP contribution in [0.1, 0.15) is 45.7 Å². The van der Waals surface area contributed by atoms with Gasteiger partial charge in [-0.3, -0.25) is 28.3 Å². The topological polar surface area (TPSA) is 301 Å². The first-order valence-electron chi connectivity index (χ1n) is 20.3. The van der Waals surface area contributed by atoms with Crippen molar-refractivity contribution in [2.75, 3.05) is 77.2 Å². The molecule has 0 radical (unpaired) electrons. The van der Waals surface area contributed by atoms with Gasteiger partial charge in [0.2, 0.25) is 31.9 Å². The van der Waals surface area contributed by atoms with Crippen LogP contribution >= 0.6 is 0 Å². The smallest absolute Gasteiger partial charge is 0.295 e. The molecule has 2 aliphatic heterocycles. The standard InChI is InChI=1S/C42H46N6O16S4/c1-27(49)45-15-19-47(20-16-45)65(53,54)39-23-31(9-13-35(39)63-3)41(51)43-33-11-7-29(37(25-33)67(57,58)59)5-6-30-8-12-34(26-38(30)68(60,61)62)44-42(52)32-10-14-36(64-4)40(24-32)66(55,56)48-21-17-46(18-22-48)28(2)50/h5-14,23-26H,15-22H2,1-4H3,(H,43,51)(H,44,52)(H,57,58,59)(H,60,61,62). The van der Waals surface area contributed by atoms with E-state index in [9.17, 15) is 62.0 Å². The van der Waals surface area contributed by atoms with Crippen molar-refractivity contribution in [3.05, 3.63) is 95.1 Å². The largest absolute Gasteiger partial charge is 0.495 e. The second-order valence-corrected chi connectivity index (χ2v) is 21.8. The number of ether oxygens (including phenoxy) is 2. The summed E-state index contributed by atoms with van der Waals surface area (Å²) in [6, 6.07) is 13.8. The highest BCUT2D eigenvalue weighted by Crippen LogP contribution is 2.32. The third kappa shape index (κ3) is 11.4. The molecule has 68 heavy (non-hydrogen) atoms. The quantitative estimate of drug-likeness (QED) is 0.104. The molecule has 0 aromatic heterocycles. The van der Waals surface area contributed by atoms with Crippen LogP contribution in [-0.4, -0.2) is 151 Å². The van der Waals surface area contributed by atoms with Crippen LogP contribution in [0.5, 0.6) is 11.5 Å². The number of amides is 4. The zero-order valence-electron chi connectivity index (χ0n) is 36.8. The van der Waals surface area contributed by atoms with Gasteiger partial charge in [0, 0.05) is 88.7 Å². The molecular formula is C42H46N6O16S4. The second kappa shape index (κ2) is 20.1. The highest BCUT2D eigenvalue weighted by Gasteiger charge is 2.34. The van der Waals surface area contributed by atoms with E-state index in [1.807, 2.05) is 0 Å². The molecule has 4 amide bonds. The Morgan fingerprint density at radius 2 is 0.838 bits per heavy atom. The molecule has 26 heteroatoms. The van der Waals surface area contributed by atoms with E-state index in [0.29, 0.717) is 0 Å². The van der Waals surface area contributed by atoms with Crippen molar-refractivity contribution in [3.8, 4) is 11.5 Å². The summed E-state index contributed by atoms with van der Waals surface area (Å²) < 4.78 is 138. The molecule has 0 atom stereocenters. The van der Waals surface area contributed by atoms with Crippen LogP contribution in [-0.2, 0) is 49.9 Å². The minimum atomic E-state index is -5.04. The van der Waals surface area contributed by atoms with Crippen molar-refractivity contribution < 1.29 is 71.4 Å².